The van der Waals surface area contributed by atoms with Gasteiger partial charge in [0.05, 0.1) is 10.1 Å². The average molecular weight is 351 g/mol. The summed E-state index contributed by atoms with van der Waals surface area (Å²) < 4.78 is 29.9. The number of carbonyl (C=O) groups is 1. The number of carbonyl (C=O) groups excluding carboxylic acids is 1. The zero-order valence-electron chi connectivity index (χ0n) is 13.9. The molecular formula is C16H21N3O4S. The van der Waals surface area contributed by atoms with Crippen LogP contribution in [0, 0.1) is 0 Å². The molecule has 0 saturated carbocycles. The normalized spacial score (nSPS) is 11.7. The molecule has 1 heterocycles. The van der Waals surface area contributed by atoms with Crippen molar-refractivity contribution < 1.29 is 17.6 Å². The molecule has 0 bridgehead atoms. The van der Waals surface area contributed by atoms with Crippen molar-refractivity contribution in [1.29, 1.82) is 0 Å². The highest BCUT2D eigenvalue weighted by molar-refractivity contribution is 7.92. The van der Waals surface area contributed by atoms with E-state index in [4.69, 9.17) is 4.42 Å². The fourth-order valence-electron chi connectivity index (χ4n) is 1.99. The summed E-state index contributed by atoms with van der Waals surface area (Å²) in [7, 11) is -3.39. The predicted molar refractivity (Wildman–Crippen MR) is 90.2 cm³/mol. The van der Waals surface area contributed by atoms with Gasteiger partial charge in [-0.05, 0) is 38.5 Å². The minimum atomic E-state index is -3.39. The minimum absolute atomic E-state index is 0.00298. The van der Waals surface area contributed by atoms with Gasteiger partial charge in [0.1, 0.15) is 0 Å². The quantitative estimate of drug-likeness (QED) is 0.822. The van der Waals surface area contributed by atoms with E-state index in [1.807, 2.05) is 6.92 Å². The summed E-state index contributed by atoms with van der Waals surface area (Å²) in [6.45, 7) is 5.24. The molecule has 1 N–H and O–H groups in total. The Morgan fingerprint density at radius 2 is 2.04 bits per heavy atom. The Bertz CT molecular complexity index is 812. The maximum atomic E-state index is 12.2. The first-order chi connectivity index (χ1) is 11.3. The smallest absolute Gasteiger partial charge is 0.322 e. The second-order valence-electron chi connectivity index (χ2n) is 5.69. The Labute approximate surface area is 141 Å². The Morgan fingerprint density at radius 3 is 2.71 bits per heavy atom. The van der Waals surface area contributed by atoms with Gasteiger partial charge in [0.2, 0.25) is 11.8 Å². The van der Waals surface area contributed by atoms with Crippen molar-refractivity contribution in [2.45, 2.75) is 50.2 Å². The van der Waals surface area contributed by atoms with E-state index in [2.05, 4.69) is 15.5 Å². The molecule has 0 atom stereocenters. The number of unbranched alkanes of at least 4 members (excludes halogenated alkanes) is 1. The summed E-state index contributed by atoms with van der Waals surface area (Å²) in [6, 6.07) is 6.32. The molecule has 0 unspecified atom stereocenters. The van der Waals surface area contributed by atoms with E-state index in [1.165, 1.54) is 12.1 Å². The van der Waals surface area contributed by atoms with Crippen molar-refractivity contribution in [2.75, 3.05) is 5.32 Å². The Kier molecular flexibility index (Phi) is 5.71. The molecule has 0 spiro atoms. The van der Waals surface area contributed by atoms with Crippen LogP contribution < -0.4 is 5.32 Å². The molecule has 2 rings (SSSR count). The van der Waals surface area contributed by atoms with E-state index in [-0.39, 0.29) is 22.7 Å². The minimum Gasteiger partial charge on any atom is -0.403 e. The van der Waals surface area contributed by atoms with Crippen LogP contribution in [-0.2, 0) is 14.6 Å². The molecule has 0 aliphatic carbocycles. The first kappa shape index (κ1) is 18.1. The molecule has 2 aromatic rings. The van der Waals surface area contributed by atoms with Crippen molar-refractivity contribution in [1.82, 2.24) is 10.2 Å². The lowest BCUT2D eigenvalue weighted by atomic mass is 10.2. The van der Waals surface area contributed by atoms with Crippen LogP contribution in [0.3, 0.4) is 0 Å². The molecule has 1 aromatic carbocycles. The average Bonchev–Trinajstić information content (AvgIpc) is 3.01. The van der Waals surface area contributed by atoms with Crippen molar-refractivity contribution in [3.8, 4) is 11.5 Å². The molecule has 1 amide bonds. The van der Waals surface area contributed by atoms with Gasteiger partial charge in [-0.15, -0.1) is 5.10 Å². The maximum absolute atomic E-state index is 12.2. The maximum Gasteiger partial charge on any atom is 0.322 e. The van der Waals surface area contributed by atoms with Crippen LogP contribution in [0.15, 0.2) is 33.6 Å². The monoisotopic (exact) mass is 351 g/mol. The van der Waals surface area contributed by atoms with E-state index < -0.39 is 15.1 Å². The van der Waals surface area contributed by atoms with E-state index in [1.54, 1.807) is 26.0 Å². The molecule has 1 aromatic heterocycles. The number of nitrogens with zero attached hydrogens (tertiary/aromatic N) is 2. The Hall–Kier alpha value is -2.22. The number of sulfone groups is 1. The second-order valence-corrected chi connectivity index (χ2v) is 8.19. The third kappa shape index (κ3) is 4.19. The lowest BCUT2D eigenvalue weighted by Gasteiger charge is -2.08. The number of nitrogens with one attached hydrogen (secondary N) is 1. The highest BCUT2D eigenvalue weighted by atomic mass is 32.2. The van der Waals surface area contributed by atoms with Gasteiger partial charge < -0.3 is 4.42 Å². The summed E-state index contributed by atoms with van der Waals surface area (Å²) in [5, 5.41) is 9.64. The van der Waals surface area contributed by atoms with Crippen molar-refractivity contribution in [2.24, 2.45) is 0 Å². The molecule has 0 aliphatic heterocycles. The zero-order chi connectivity index (χ0) is 17.7. The number of amides is 1. The third-order valence-electron chi connectivity index (χ3n) is 3.46. The van der Waals surface area contributed by atoms with E-state index in [0.29, 0.717) is 12.0 Å². The molecule has 7 nitrogen and oxygen atoms in total. The van der Waals surface area contributed by atoms with Gasteiger partial charge in [0.15, 0.2) is 9.84 Å². The van der Waals surface area contributed by atoms with Crippen LogP contribution >= 0.6 is 0 Å². The van der Waals surface area contributed by atoms with Crippen LogP contribution in [0.1, 0.15) is 40.0 Å². The number of hydrogen-bond acceptors (Lipinski definition) is 6. The summed E-state index contributed by atoms with van der Waals surface area (Å²) in [5.74, 6) is -0.0372. The third-order valence-corrected chi connectivity index (χ3v) is 5.61. The number of rotatable bonds is 7. The van der Waals surface area contributed by atoms with Crippen LogP contribution in [-0.4, -0.2) is 29.8 Å². The first-order valence-electron chi connectivity index (χ1n) is 7.82. The summed E-state index contributed by atoms with van der Waals surface area (Å²) in [4.78, 5) is 11.9. The number of anilines is 1. The molecular weight excluding hydrogens is 330 g/mol. The molecule has 0 radical (unpaired) electrons. The highest BCUT2D eigenvalue weighted by Crippen LogP contribution is 2.24. The lowest BCUT2D eigenvalue weighted by molar-refractivity contribution is -0.116. The van der Waals surface area contributed by atoms with Crippen LogP contribution in [0.5, 0.6) is 0 Å². The fourth-order valence-corrected chi connectivity index (χ4v) is 3.09. The van der Waals surface area contributed by atoms with Gasteiger partial charge in [0, 0.05) is 12.0 Å². The van der Waals surface area contributed by atoms with Crippen molar-refractivity contribution >= 4 is 21.8 Å². The molecule has 0 aliphatic rings. The second kappa shape index (κ2) is 7.57. The lowest BCUT2D eigenvalue weighted by Crippen LogP contribution is -2.13. The van der Waals surface area contributed by atoms with E-state index >= 15 is 0 Å². The standard InChI is InChI=1S/C16H21N3O4S/c1-4-5-9-14(20)17-16-19-18-15(23-16)12-7-6-8-13(10-12)24(21,22)11(2)3/h6-8,10-11H,4-5,9H2,1-3H3,(H,17,19,20). The van der Waals surface area contributed by atoms with Gasteiger partial charge in [0.25, 0.3) is 0 Å². The zero-order valence-corrected chi connectivity index (χ0v) is 14.8. The number of aromatic nitrogens is 2. The Balaban J connectivity index is 2.20. The molecule has 0 saturated heterocycles. The van der Waals surface area contributed by atoms with Crippen LogP contribution in [0.25, 0.3) is 11.5 Å². The highest BCUT2D eigenvalue weighted by Gasteiger charge is 2.20. The predicted octanol–water partition coefficient (Wildman–Crippen LogP) is 3.05. The molecule has 0 fully saturated rings. The van der Waals surface area contributed by atoms with Crippen LogP contribution in [0.4, 0.5) is 6.01 Å². The SMILES string of the molecule is CCCCC(=O)Nc1nnc(-c2cccc(S(=O)(=O)C(C)C)c2)o1. The summed E-state index contributed by atoms with van der Waals surface area (Å²) in [5.41, 5.74) is 0.485. The van der Waals surface area contributed by atoms with Gasteiger partial charge in [-0.2, -0.15) is 0 Å². The van der Waals surface area contributed by atoms with Crippen molar-refractivity contribution in [3.05, 3.63) is 24.3 Å². The number of hydrogen-bond donors (Lipinski definition) is 1. The molecule has 24 heavy (non-hydrogen) atoms. The first-order valence-corrected chi connectivity index (χ1v) is 9.37. The van der Waals surface area contributed by atoms with Gasteiger partial charge in [-0.25, -0.2) is 8.42 Å². The summed E-state index contributed by atoms with van der Waals surface area (Å²) >= 11 is 0. The Morgan fingerprint density at radius 1 is 1.29 bits per heavy atom. The largest absolute Gasteiger partial charge is 0.403 e. The van der Waals surface area contributed by atoms with Gasteiger partial charge >= 0.3 is 6.01 Å². The fraction of sp³-hybridized carbons (Fsp3) is 0.438. The van der Waals surface area contributed by atoms with E-state index in [0.717, 1.165) is 12.8 Å². The summed E-state index contributed by atoms with van der Waals surface area (Å²) in [6.07, 6.45) is 2.08. The van der Waals surface area contributed by atoms with Gasteiger partial charge in [-0.3, -0.25) is 10.1 Å². The van der Waals surface area contributed by atoms with Crippen LogP contribution in [0.2, 0.25) is 0 Å². The molecule has 8 heteroatoms. The number of benzene rings is 1. The molecule has 130 valence electrons. The topological polar surface area (TPSA) is 102 Å². The van der Waals surface area contributed by atoms with E-state index in [9.17, 15) is 13.2 Å². The van der Waals surface area contributed by atoms with Gasteiger partial charge in [-0.1, -0.05) is 24.5 Å². The van der Waals surface area contributed by atoms with Crippen molar-refractivity contribution in [3.63, 3.8) is 0 Å².